The predicted octanol–water partition coefficient (Wildman–Crippen LogP) is 4.36. The molecule has 2 aromatic carbocycles. The molecule has 1 amide bonds. The standard InChI is InChI=1S/C33H41ClFN5O4S/c1-21(2)39-18-23(11-16-30(39)41)31(22-9-12-24(34)13-10-22)32(36)33(42)37-29-8-4-7-28(35)27(29)15-14-26-19-38(3)25-6-5-17-45(43,44)40(26)20-25/h4,7-13,16,18,21,25-26,31-32H,5-6,14-15,17,19-20,36H2,1-3H3,(H,37,42)/t25?,26?,31-,32-/m0/s1. The molecule has 9 nitrogen and oxygen atoms in total. The molecule has 5 rings (SSSR count). The van der Waals surface area contributed by atoms with Crippen LogP contribution < -0.4 is 16.6 Å². The van der Waals surface area contributed by atoms with Gasteiger partial charge in [0.15, 0.2) is 0 Å². The molecule has 12 heteroatoms. The molecule has 2 fully saturated rings. The van der Waals surface area contributed by atoms with Gasteiger partial charge in [0, 0.05) is 65.7 Å². The number of fused-ring (bicyclic) bond motifs is 2. The Morgan fingerprint density at radius 2 is 1.80 bits per heavy atom. The zero-order chi connectivity index (χ0) is 32.5. The van der Waals surface area contributed by atoms with E-state index in [-0.39, 0.29) is 35.9 Å². The van der Waals surface area contributed by atoms with Gasteiger partial charge in [-0.3, -0.25) is 9.59 Å². The third kappa shape index (κ3) is 7.33. The number of nitrogens with two attached hydrogens (primary N) is 1. The second-order valence-corrected chi connectivity index (χ2v) is 14.9. The number of anilines is 1. The number of hydrogen-bond donors (Lipinski definition) is 2. The van der Waals surface area contributed by atoms with Crippen molar-refractivity contribution in [1.29, 1.82) is 0 Å². The highest BCUT2D eigenvalue weighted by Crippen LogP contribution is 2.32. The molecule has 2 bridgehead atoms. The summed E-state index contributed by atoms with van der Waals surface area (Å²) in [4.78, 5) is 28.5. The molecular weight excluding hydrogens is 617 g/mol. The van der Waals surface area contributed by atoms with Gasteiger partial charge in [-0.05, 0) is 82.0 Å². The Balaban J connectivity index is 1.40. The van der Waals surface area contributed by atoms with Gasteiger partial charge in [-0.15, -0.1) is 0 Å². The molecule has 2 saturated heterocycles. The number of benzene rings is 2. The Bertz CT molecular complexity index is 1700. The van der Waals surface area contributed by atoms with Gasteiger partial charge < -0.3 is 20.5 Å². The third-order valence-corrected chi connectivity index (χ3v) is 11.3. The lowest BCUT2D eigenvalue weighted by Crippen LogP contribution is -2.57. The van der Waals surface area contributed by atoms with Gasteiger partial charge in [0.1, 0.15) is 5.82 Å². The largest absolute Gasteiger partial charge is 0.324 e. The van der Waals surface area contributed by atoms with Crippen LogP contribution in [0.25, 0.3) is 0 Å². The number of aromatic nitrogens is 1. The highest BCUT2D eigenvalue weighted by Gasteiger charge is 2.40. The summed E-state index contributed by atoms with van der Waals surface area (Å²) in [5.41, 5.74) is 8.49. The van der Waals surface area contributed by atoms with Crippen LogP contribution in [0.3, 0.4) is 0 Å². The monoisotopic (exact) mass is 657 g/mol. The maximum Gasteiger partial charge on any atom is 0.250 e. The van der Waals surface area contributed by atoms with Crippen molar-refractivity contribution in [3.63, 3.8) is 0 Å². The molecule has 0 spiro atoms. The molecule has 0 aliphatic carbocycles. The van der Waals surface area contributed by atoms with Crippen LogP contribution in [0.2, 0.25) is 5.02 Å². The first-order valence-electron chi connectivity index (χ1n) is 15.4. The van der Waals surface area contributed by atoms with Crippen LogP contribution in [0.4, 0.5) is 10.1 Å². The number of piperazine rings is 1. The minimum Gasteiger partial charge on any atom is -0.324 e. The second-order valence-electron chi connectivity index (χ2n) is 12.4. The molecular formula is C33H41ClFN5O4S. The van der Waals surface area contributed by atoms with E-state index in [1.54, 1.807) is 51.5 Å². The van der Waals surface area contributed by atoms with Crippen LogP contribution in [0.15, 0.2) is 65.6 Å². The number of halogens is 2. The number of carbonyl (C=O) groups is 1. The summed E-state index contributed by atoms with van der Waals surface area (Å²) in [5.74, 6) is -1.53. The van der Waals surface area contributed by atoms with Crippen LogP contribution in [0.5, 0.6) is 0 Å². The predicted molar refractivity (Wildman–Crippen MR) is 176 cm³/mol. The van der Waals surface area contributed by atoms with Crippen molar-refractivity contribution in [3.05, 3.63) is 98.7 Å². The lowest BCUT2D eigenvalue weighted by Gasteiger charge is -2.42. The topological polar surface area (TPSA) is 118 Å². The van der Waals surface area contributed by atoms with E-state index >= 15 is 4.39 Å². The molecule has 242 valence electrons. The fourth-order valence-electron chi connectivity index (χ4n) is 6.57. The Hall–Kier alpha value is -3.09. The Morgan fingerprint density at radius 1 is 1.09 bits per heavy atom. The van der Waals surface area contributed by atoms with E-state index in [0.29, 0.717) is 47.8 Å². The van der Waals surface area contributed by atoms with E-state index in [0.717, 1.165) is 12.0 Å². The van der Waals surface area contributed by atoms with Gasteiger partial charge in [0.05, 0.1) is 11.8 Å². The van der Waals surface area contributed by atoms with Gasteiger partial charge in [0.2, 0.25) is 15.9 Å². The van der Waals surface area contributed by atoms with Gasteiger partial charge in [-0.25, -0.2) is 12.8 Å². The van der Waals surface area contributed by atoms with Crippen molar-refractivity contribution in [1.82, 2.24) is 13.8 Å². The number of rotatable bonds is 9. The number of nitrogens with zero attached hydrogens (tertiary/aromatic N) is 3. The van der Waals surface area contributed by atoms with Gasteiger partial charge >= 0.3 is 0 Å². The van der Waals surface area contributed by atoms with E-state index < -0.39 is 33.7 Å². The number of sulfonamides is 1. The van der Waals surface area contributed by atoms with Crippen molar-refractivity contribution in [2.75, 3.05) is 31.2 Å². The second kappa shape index (κ2) is 13.7. The molecule has 3 N–H and O–H groups in total. The molecule has 3 unspecified atom stereocenters. The minimum atomic E-state index is -3.40. The Morgan fingerprint density at radius 3 is 2.51 bits per heavy atom. The van der Waals surface area contributed by atoms with Crippen LogP contribution in [0.1, 0.15) is 61.8 Å². The molecule has 2 aliphatic heterocycles. The van der Waals surface area contributed by atoms with E-state index in [4.69, 9.17) is 17.3 Å². The zero-order valence-electron chi connectivity index (χ0n) is 25.8. The number of nitrogens with one attached hydrogen (secondary N) is 1. The molecule has 3 heterocycles. The summed E-state index contributed by atoms with van der Waals surface area (Å²) in [6, 6.07) is 13.3. The number of likely N-dealkylation sites (N-methyl/N-ethyl adjacent to an activating group) is 1. The number of amides is 1. The minimum absolute atomic E-state index is 0.109. The van der Waals surface area contributed by atoms with E-state index in [1.807, 2.05) is 20.9 Å². The van der Waals surface area contributed by atoms with E-state index in [9.17, 15) is 18.0 Å². The maximum absolute atomic E-state index is 15.3. The van der Waals surface area contributed by atoms with Gasteiger partial charge in [0.25, 0.3) is 5.56 Å². The van der Waals surface area contributed by atoms with Crippen LogP contribution in [-0.4, -0.2) is 72.1 Å². The van der Waals surface area contributed by atoms with Gasteiger partial charge in [-0.1, -0.05) is 35.9 Å². The van der Waals surface area contributed by atoms with Crippen LogP contribution in [-0.2, 0) is 21.2 Å². The fourth-order valence-corrected chi connectivity index (χ4v) is 8.49. The van der Waals surface area contributed by atoms with Crippen molar-refractivity contribution in [3.8, 4) is 0 Å². The normalized spacial score (nSPS) is 22.9. The van der Waals surface area contributed by atoms with E-state index in [2.05, 4.69) is 10.2 Å². The summed E-state index contributed by atoms with van der Waals surface area (Å²) in [6.07, 6.45) is 3.80. The quantitative estimate of drug-likeness (QED) is 0.353. The van der Waals surface area contributed by atoms with Crippen molar-refractivity contribution < 1.29 is 17.6 Å². The molecule has 5 atom stereocenters. The molecule has 0 saturated carbocycles. The first kappa shape index (κ1) is 33.3. The summed E-state index contributed by atoms with van der Waals surface area (Å²) >= 11 is 6.15. The fraction of sp³-hybridized carbons (Fsp3) is 0.455. The lowest BCUT2D eigenvalue weighted by atomic mass is 9.85. The van der Waals surface area contributed by atoms with Gasteiger partial charge in [-0.2, -0.15) is 4.31 Å². The van der Waals surface area contributed by atoms with Crippen LogP contribution in [0, 0.1) is 5.82 Å². The average Bonchev–Trinajstić information content (AvgIpc) is 3.13. The SMILES string of the molecule is CC(C)n1cc([C@H](c2ccc(Cl)cc2)[C@H](N)C(=O)Nc2cccc(F)c2CCC2CN(C)C3CCCS(=O)(=O)N2C3)ccc1=O. The Kier molecular flexibility index (Phi) is 10.1. The highest BCUT2D eigenvalue weighted by molar-refractivity contribution is 7.89. The highest BCUT2D eigenvalue weighted by atomic mass is 35.5. The summed E-state index contributed by atoms with van der Waals surface area (Å²) < 4.78 is 44.6. The maximum atomic E-state index is 15.3. The third-order valence-electron chi connectivity index (χ3n) is 9.09. The van der Waals surface area contributed by atoms with Crippen molar-refractivity contribution in [2.45, 2.75) is 69.6 Å². The first-order chi connectivity index (χ1) is 21.4. The van der Waals surface area contributed by atoms with Crippen LogP contribution >= 0.6 is 11.6 Å². The molecule has 0 radical (unpaired) electrons. The molecule has 3 aromatic rings. The average molecular weight is 658 g/mol. The van der Waals surface area contributed by atoms with E-state index in [1.165, 1.54) is 18.2 Å². The van der Waals surface area contributed by atoms with Crippen molar-refractivity contribution >= 4 is 33.2 Å². The number of hydrogen-bond acceptors (Lipinski definition) is 6. The zero-order valence-corrected chi connectivity index (χ0v) is 27.4. The Labute approximate surface area is 269 Å². The molecule has 2 aliphatic rings. The number of carbonyl (C=O) groups excluding carboxylic acids is 1. The summed E-state index contributed by atoms with van der Waals surface area (Å²) in [7, 11) is -1.39. The smallest absolute Gasteiger partial charge is 0.250 e. The summed E-state index contributed by atoms with van der Waals surface area (Å²) in [6.45, 7) is 4.79. The summed E-state index contributed by atoms with van der Waals surface area (Å²) in [5, 5.41) is 3.38. The lowest BCUT2D eigenvalue weighted by molar-refractivity contribution is -0.117. The first-order valence-corrected chi connectivity index (χ1v) is 17.4. The number of pyridine rings is 1. The molecule has 1 aromatic heterocycles. The van der Waals surface area contributed by atoms with Crippen molar-refractivity contribution in [2.24, 2.45) is 5.73 Å². The molecule has 45 heavy (non-hydrogen) atoms.